The maximum absolute atomic E-state index is 13.0. The van der Waals surface area contributed by atoms with Gasteiger partial charge in [0.05, 0.1) is 23.5 Å². The highest BCUT2D eigenvalue weighted by molar-refractivity contribution is 5.95. The predicted molar refractivity (Wildman–Crippen MR) is 92.3 cm³/mol. The van der Waals surface area contributed by atoms with Crippen LogP contribution in [-0.2, 0) is 13.5 Å². The van der Waals surface area contributed by atoms with Crippen molar-refractivity contribution in [2.24, 2.45) is 7.05 Å². The first-order valence-electron chi connectivity index (χ1n) is 8.52. The van der Waals surface area contributed by atoms with Crippen LogP contribution in [0.3, 0.4) is 0 Å². The van der Waals surface area contributed by atoms with Crippen LogP contribution in [0.25, 0.3) is 0 Å². The standard InChI is InChI=1S/C18H21N5O2/c1-21-16(9-13-5-3-2-4-6-13)15(11-20-21)17(24)22-7-8-23-14(12-22)10-19-18(23)25/h2-6,11,14H,7-10,12H2,1H3,(H,19,25). The summed E-state index contributed by atoms with van der Waals surface area (Å²) in [5, 5.41) is 7.14. The summed E-state index contributed by atoms with van der Waals surface area (Å²) in [6.07, 6.45) is 2.33. The summed E-state index contributed by atoms with van der Waals surface area (Å²) in [5.41, 5.74) is 2.71. The molecule has 2 saturated heterocycles. The molecule has 0 radical (unpaired) electrons. The molecule has 1 atom stereocenters. The smallest absolute Gasteiger partial charge is 0.317 e. The Bertz CT molecular complexity index is 801. The summed E-state index contributed by atoms with van der Waals surface area (Å²) in [7, 11) is 1.87. The molecule has 3 heterocycles. The normalized spacial score (nSPS) is 19.7. The van der Waals surface area contributed by atoms with Gasteiger partial charge in [0, 0.05) is 39.6 Å². The molecule has 7 nitrogen and oxygen atoms in total. The molecule has 1 aromatic carbocycles. The van der Waals surface area contributed by atoms with Crippen LogP contribution in [0.1, 0.15) is 21.6 Å². The van der Waals surface area contributed by atoms with Gasteiger partial charge in [-0.3, -0.25) is 9.48 Å². The summed E-state index contributed by atoms with van der Waals surface area (Å²) in [5.74, 6) is -0.00182. The first kappa shape index (κ1) is 15.7. The second-order valence-electron chi connectivity index (χ2n) is 6.58. The highest BCUT2D eigenvalue weighted by atomic mass is 16.2. The van der Waals surface area contributed by atoms with Gasteiger partial charge in [0.25, 0.3) is 5.91 Å². The van der Waals surface area contributed by atoms with E-state index >= 15 is 0 Å². The van der Waals surface area contributed by atoms with Gasteiger partial charge in [-0.05, 0) is 5.56 Å². The number of benzene rings is 1. The second kappa shape index (κ2) is 6.23. The molecule has 25 heavy (non-hydrogen) atoms. The van der Waals surface area contributed by atoms with E-state index in [1.54, 1.807) is 10.9 Å². The molecular formula is C18H21N5O2. The highest BCUT2D eigenvalue weighted by Gasteiger charge is 2.37. The molecule has 0 spiro atoms. The molecule has 0 bridgehead atoms. The van der Waals surface area contributed by atoms with Crippen LogP contribution in [0, 0.1) is 0 Å². The number of aromatic nitrogens is 2. The third kappa shape index (κ3) is 2.86. The average molecular weight is 339 g/mol. The molecule has 4 rings (SSSR count). The van der Waals surface area contributed by atoms with E-state index < -0.39 is 0 Å². The quantitative estimate of drug-likeness (QED) is 0.902. The number of hydrogen-bond acceptors (Lipinski definition) is 3. The molecule has 1 unspecified atom stereocenters. The van der Waals surface area contributed by atoms with Crippen LogP contribution in [0.4, 0.5) is 4.79 Å². The number of nitrogens with one attached hydrogen (secondary N) is 1. The van der Waals surface area contributed by atoms with Crippen LogP contribution in [0.15, 0.2) is 36.5 Å². The van der Waals surface area contributed by atoms with Gasteiger partial charge < -0.3 is 15.1 Å². The Morgan fingerprint density at radius 1 is 1.28 bits per heavy atom. The van der Waals surface area contributed by atoms with E-state index in [2.05, 4.69) is 22.5 Å². The van der Waals surface area contributed by atoms with E-state index in [9.17, 15) is 9.59 Å². The van der Waals surface area contributed by atoms with Gasteiger partial charge in [0.2, 0.25) is 0 Å². The number of carbonyl (C=O) groups is 2. The highest BCUT2D eigenvalue weighted by Crippen LogP contribution is 2.20. The summed E-state index contributed by atoms with van der Waals surface area (Å²) < 4.78 is 1.77. The van der Waals surface area contributed by atoms with Crippen molar-refractivity contribution in [1.82, 2.24) is 24.9 Å². The second-order valence-corrected chi connectivity index (χ2v) is 6.58. The van der Waals surface area contributed by atoms with Crippen molar-refractivity contribution in [2.45, 2.75) is 12.5 Å². The summed E-state index contributed by atoms with van der Waals surface area (Å²) in [6.45, 7) is 2.31. The fourth-order valence-electron chi connectivity index (χ4n) is 3.60. The lowest BCUT2D eigenvalue weighted by atomic mass is 10.1. The lowest BCUT2D eigenvalue weighted by Gasteiger charge is -2.36. The van der Waals surface area contributed by atoms with E-state index in [0.717, 1.165) is 11.3 Å². The van der Waals surface area contributed by atoms with E-state index in [0.29, 0.717) is 38.2 Å². The van der Waals surface area contributed by atoms with Crippen LogP contribution >= 0.6 is 0 Å². The lowest BCUT2D eigenvalue weighted by Crippen LogP contribution is -2.53. The molecule has 2 fully saturated rings. The van der Waals surface area contributed by atoms with Crippen molar-refractivity contribution in [2.75, 3.05) is 26.2 Å². The van der Waals surface area contributed by atoms with Crippen LogP contribution < -0.4 is 5.32 Å². The maximum atomic E-state index is 13.0. The van der Waals surface area contributed by atoms with Crippen molar-refractivity contribution in [3.63, 3.8) is 0 Å². The molecular weight excluding hydrogens is 318 g/mol. The lowest BCUT2D eigenvalue weighted by molar-refractivity contribution is 0.0616. The molecule has 1 aromatic heterocycles. The SMILES string of the molecule is Cn1ncc(C(=O)N2CCN3C(=O)NCC3C2)c1Cc1ccccc1. The monoisotopic (exact) mass is 339 g/mol. The molecule has 3 amide bonds. The Morgan fingerprint density at radius 3 is 2.88 bits per heavy atom. The zero-order valence-corrected chi connectivity index (χ0v) is 14.2. The van der Waals surface area contributed by atoms with Gasteiger partial charge in [-0.15, -0.1) is 0 Å². The van der Waals surface area contributed by atoms with Crippen molar-refractivity contribution < 1.29 is 9.59 Å². The third-order valence-electron chi connectivity index (χ3n) is 5.03. The maximum Gasteiger partial charge on any atom is 0.317 e. The minimum atomic E-state index is -0.0248. The fourth-order valence-corrected chi connectivity index (χ4v) is 3.60. The zero-order valence-electron chi connectivity index (χ0n) is 14.2. The van der Waals surface area contributed by atoms with Crippen molar-refractivity contribution in [3.8, 4) is 0 Å². The van der Waals surface area contributed by atoms with Gasteiger partial charge >= 0.3 is 6.03 Å². The average Bonchev–Trinajstić information content (AvgIpc) is 3.19. The number of fused-ring (bicyclic) bond motifs is 1. The topological polar surface area (TPSA) is 70.5 Å². The van der Waals surface area contributed by atoms with Gasteiger partial charge in [-0.2, -0.15) is 5.10 Å². The molecule has 130 valence electrons. The van der Waals surface area contributed by atoms with Crippen LogP contribution in [-0.4, -0.2) is 63.7 Å². The van der Waals surface area contributed by atoms with Crippen LogP contribution in [0.2, 0.25) is 0 Å². The summed E-state index contributed by atoms with van der Waals surface area (Å²) in [6, 6.07) is 10.1. The van der Waals surface area contributed by atoms with Gasteiger partial charge in [0.1, 0.15) is 0 Å². The summed E-state index contributed by atoms with van der Waals surface area (Å²) >= 11 is 0. The zero-order chi connectivity index (χ0) is 17.4. The Morgan fingerprint density at radius 2 is 2.08 bits per heavy atom. The first-order valence-corrected chi connectivity index (χ1v) is 8.52. The molecule has 2 aliphatic heterocycles. The van der Waals surface area contributed by atoms with Gasteiger partial charge in [-0.25, -0.2) is 4.79 Å². The van der Waals surface area contributed by atoms with Crippen molar-refractivity contribution in [1.29, 1.82) is 0 Å². The van der Waals surface area contributed by atoms with Gasteiger partial charge in [0.15, 0.2) is 0 Å². The molecule has 0 saturated carbocycles. The van der Waals surface area contributed by atoms with Gasteiger partial charge in [-0.1, -0.05) is 30.3 Å². The largest absolute Gasteiger partial charge is 0.336 e. The predicted octanol–water partition coefficient (Wildman–Crippen LogP) is 0.861. The number of aryl methyl sites for hydroxylation is 1. The number of nitrogens with zero attached hydrogens (tertiary/aromatic N) is 4. The van der Waals surface area contributed by atoms with E-state index in [4.69, 9.17) is 0 Å². The molecule has 1 N–H and O–H groups in total. The molecule has 0 aliphatic carbocycles. The number of carbonyl (C=O) groups excluding carboxylic acids is 2. The Balaban J connectivity index is 1.54. The van der Waals surface area contributed by atoms with E-state index in [-0.39, 0.29) is 18.0 Å². The number of hydrogen-bond donors (Lipinski definition) is 1. The van der Waals surface area contributed by atoms with E-state index in [1.807, 2.05) is 35.0 Å². The number of rotatable bonds is 3. The summed E-state index contributed by atoms with van der Waals surface area (Å²) in [4.78, 5) is 28.4. The minimum absolute atomic E-state index is 0.00182. The Hall–Kier alpha value is -2.83. The molecule has 7 heteroatoms. The van der Waals surface area contributed by atoms with Crippen LogP contribution in [0.5, 0.6) is 0 Å². The van der Waals surface area contributed by atoms with Crippen molar-refractivity contribution >= 4 is 11.9 Å². The van der Waals surface area contributed by atoms with Crippen molar-refractivity contribution in [3.05, 3.63) is 53.3 Å². The third-order valence-corrected chi connectivity index (χ3v) is 5.03. The number of piperazine rings is 1. The number of amides is 3. The Kier molecular flexibility index (Phi) is 3.91. The van der Waals surface area contributed by atoms with E-state index in [1.165, 1.54) is 0 Å². The molecule has 2 aliphatic rings. The Labute approximate surface area is 146 Å². The molecule has 2 aromatic rings. The minimum Gasteiger partial charge on any atom is -0.336 e. The first-order chi connectivity index (χ1) is 12.1. The fraction of sp³-hybridized carbons (Fsp3) is 0.389. The number of urea groups is 1.